The number of nitrogens with zero attached hydrogens (tertiary/aromatic N) is 2. The highest BCUT2D eigenvalue weighted by atomic mass is 16.6. The molecule has 5 heteroatoms. The van der Waals surface area contributed by atoms with Gasteiger partial charge in [0.1, 0.15) is 0 Å². The SMILES string of the molecule is Cc1cc2c(cc1[N+](=O)[O-])N([C@H](C)c1ccccc1)CCC2O. The van der Waals surface area contributed by atoms with Crippen LogP contribution in [-0.2, 0) is 0 Å². The quantitative estimate of drug-likeness (QED) is 0.689. The second-order valence-electron chi connectivity index (χ2n) is 6.04. The summed E-state index contributed by atoms with van der Waals surface area (Å²) in [5.41, 5.74) is 3.38. The minimum absolute atomic E-state index is 0.0877. The molecule has 3 rings (SSSR count). The van der Waals surface area contributed by atoms with Crippen LogP contribution >= 0.6 is 0 Å². The third-order valence-electron chi connectivity index (χ3n) is 4.60. The Morgan fingerprint density at radius 3 is 2.65 bits per heavy atom. The van der Waals surface area contributed by atoms with Crippen LogP contribution in [0.1, 0.15) is 42.2 Å². The van der Waals surface area contributed by atoms with Gasteiger partial charge in [-0.05, 0) is 31.9 Å². The molecule has 0 amide bonds. The molecule has 0 fully saturated rings. The number of hydrogen-bond donors (Lipinski definition) is 1. The number of aryl methyl sites for hydroxylation is 1. The minimum atomic E-state index is -0.566. The Morgan fingerprint density at radius 1 is 1.30 bits per heavy atom. The van der Waals surface area contributed by atoms with Crippen LogP contribution in [0.5, 0.6) is 0 Å². The fourth-order valence-electron chi connectivity index (χ4n) is 3.27. The van der Waals surface area contributed by atoms with E-state index in [1.807, 2.05) is 18.2 Å². The molecule has 2 aromatic carbocycles. The summed E-state index contributed by atoms with van der Waals surface area (Å²) in [6, 6.07) is 13.5. The van der Waals surface area contributed by atoms with E-state index < -0.39 is 6.10 Å². The highest BCUT2D eigenvalue weighted by Crippen LogP contribution is 2.41. The Labute approximate surface area is 135 Å². The van der Waals surface area contributed by atoms with Crippen LogP contribution < -0.4 is 4.90 Å². The largest absolute Gasteiger partial charge is 0.388 e. The molecule has 0 aliphatic carbocycles. The molecule has 2 aromatic rings. The predicted octanol–water partition coefficient (Wildman–Crippen LogP) is 3.91. The summed E-state index contributed by atoms with van der Waals surface area (Å²) in [5.74, 6) is 0. The van der Waals surface area contributed by atoms with Crippen molar-refractivity contribution in [1.29, 1.82) is 0 Å². The molecule has 0 saturated heterocycles. The molecule has 0 aromatic heterocycles. The van der Waals surface area contributed by atoms with Gasteiger partial charge in [0.25, 0.3) is 5.69 Å². The first-order chi connectivity index (χ1) is 11.0. The summed E-state index contributed by atoms with van der Waals surface area (Å²) >= 11 is 0. The smallest absolute Gasteiger partial charge is 0.274 e. The van der Waals surface area contributed by atoms with E-state index in [0.717, 1.165) is 16.8 Å². The molecular formula is C18H20N2O3. The van der Waals surface area contributed by atoms with Crippen LogP contribution in [0.4, 0.5) is 11.4 Å². The zero-order chi connectivity index (χ0) is 16.6. The van der Waals surface area contributed by atoms with E-state index in [2.05, 4.69) is 24.0 Å². The average Bonchev–Trinajstić information content (AvgIpc) is 2.55. The lowest BCUT2D eigenvalue weighted by atomic mass is 9.93. The molecule has 1 aliphatic heterocycles. The molecule has 23 heavy (non-hydrogen) atoms. The first kappa shape index (κ1) is 15.5. The van der Waals surface area contributed by atoms with E-state index in [4.69, 9.17) is 0 Å². The first-order valence-electron chi connectivity index (χ1n) is 7.77. The Hall–Kier alpha value is -2.40. The summed E-state index contributed by atoms with van der Waals surface area (Å²) in [7, 11) is 0. The number of aliphatic hydroxyl groups is 1. The Balaban J connectivity index is 2.08. The normalized spacial score (nSPS) is 18.4. The maximum absolute atomic E-state index is 11.3. The molecule has 1 heterocycles. The summed E-state index contributed by atoms with van der Waals surface area (Å²) < 4.78 is 0. The number of nitro groups is 1. The van der Waals surface area contributed by atoms with Gasteiger partial charge in [-0.1, -0.05) is 30.3 Å². The van der Waals surface area contributed by atoms with Crippen LogP contribution in [0.25, 0.3) is 0 Å². The number of fused-ring (bicyclic) bond motifs is 1. The van der Waals surface area contributed by atoms with Crippen molar-refractivity contribution >= 4 is 11.4 Å². The van der Waals surface area contributed by atoms with E-state index in [0.29, 0.717) is 18.5 Å². The van der Waals surface area contributed by atoms with Crippen molar-refractivity contribution in [3.05, 3.63) is 69.3 Å². The van der Waals surface area contributed by atoms with Gasteiger partial charge in [0.05, 0.1) is 17.1 Å². The van der Waals surface area contributed by atoms with Crippen molar-refractivity contribution in [1.82, 2.24) is 0 Å². The fourth-order valence-corrected chi connectivity index (χ4v) is 3.27. The van der Waals surface area contributed by atoms with Crippen molar-refractivity contribution in [2.24, 2.45) is 0 Å². The summed E-state index contributed by atoms with van der Waals surface area (Å²) in [6.45, 7) is 4.47. The van der Waals surface area contributed by atoms with Crippen LogP contribution in [0, 0.1) is 17.0 Å². The van der Waals surface area contributed by atoms with Gasteiger partial charge in [0, 0.05) is 29.4 Å². The van der Waals surface area contributed by atoms with Crippen molar-refractivity contribution < 1.29 is 10.0 Å². The average molecular weight is 312 g/mol. The third kappa shape index (κ3) is 2.80. The van der Waals surface area contributed by atoms with Crippen LogP contribution in [0.2, 0.25) is 0 Å². The van der Waals surface area contributed by atoms with E-state index in [-0.39, 0.29) is 16.7 Å². The number of hydrogen-bond acceptors (Lipinski definition) is 4. The Kier molecular flexibility index (Phi) is 4.05. The number of anilines is 1. The van der Waals surface area contributed by atoms with Crippen molar-refractivity contribution in [3.63, 3.8) is 0 Å². The lowest BCUT2D eigenvalue weighted by Crippen LogP contribution is -2.33. The van der Waals surface area contributed by atoms with E-state index in [1.165, 1.54) is 0 Å². The molecular weight excluding hydrogens is 292 g/mol. The van der Waals surface area contributed by atoms with E-state index in [9.17, 15) is 15.2 Å². The van der Waals surface area contributed by atoms with E-state index in [1.54, 1.807) is 19.1 Å². The Morgan fingerprint density at radius 2 is 2.00 bits per heavy atom. The molecule has 0 spiro atoms. The summed E-state index contributed by atoms with van der Waals surface area (Å²) in [6.07, 6.45) is 0.0604. The maximum Gasteiger partial charge on any atom is 0.274 e. The van der Waals surface area contributed by atoms with Crippen molar-refractivity contribution in [2.75, 3.05) is 11.4 Å². The van der Waals surface area contributed by atoms with Crippen LogP contribution in [-0.4, -0.2) is 16.6 Å². The molecule has 0 radical (unpaired) electrons. The standard InChI is InChI=1S/C18H20N2O3/c1-12-10-15-17(11-16(12)20(22)23)19(9-8-18(15)21)13(2)14-6-4-3-5-7-14/h3-7,10-11,13,18,21H,8-9H2,1-2H3/t13-,18?/m1/s1. The second-order valence-corrected chi connectivity index (χ2v) is 6.04. The zero-order valence-corrected chi connectivity index (χ0v) is 13.3. The van der Waals surface area contributed by atoms with Gasteiger partial charge in [-0.15, -0.1) is 0 Å². The predicted molar refractivity (Wildman–Crippen MR) is 89.6 cm³/mol. The summed E-state index contributed by atoms with van der Waals surface area (Å²) in [5, 5.41) is 21.5. The lowest BCUT2D eigenvalue weighted by Gasteiger charge is -2.38. The van der Waals surface area contributed by atoms with Gasteiger partial charge < -0.3 is 10.0 Å². The monoisotopic (exact) mass is 312 g/mol. The Bertz CT molecular complexity index is 731. The minimum Gasteiger partial charge on any atom is -0.388 e. The van der Waals surface area contributed by atoms with Gasteiger partial charge in [0.2, 0.25) is 0 Å². The van der Waals surface area contributed by atoms with Crippen molar-refractivity contribution in [3.8, 4) is 0 Å². The third-order valence-corrected chi connectivity index (χ3v) is 4.60. The van der Waals surface area contributed by atoms with Gasteiger partial charge >= 0.3 is 0 Å². The molecule has 1 unspecified atom stereocenters. The van der Waals surface area contributed by atoms with Gasteiger partial charge in [-0.25, -0.2) is 0 Å². The molecule has 2 atom stereocenters. The summed E-state index contributed by atoms with van der Waals surface area (Å²) in [4.78, 5) is 13.0. The number of rotatable bonds is 3. The molecule has 0 saturated carbocycles. The zero-order valence-electron chi connectivity index (χ0n) is 13.3. The number of benzene rings is 2. The molecule has 1 N–H and O–H groups in total. The maximum atomic E-state index is 11.3. The van der Waals surface area contributed by atoms with Crippen LogP contribution in [0.15, 0.2) is 42.5 Å². The van der Waals surface area contributed by atoms with E-state index >= 15 is 0 Å². The number of nitro benzene ring substituents is 1. The highest BCUT2D eigenvalue weighted by molar-refractivity contribution is 5.65. The van der Waals surface area contributed by atoms with Gasteiger partial charge in [-0.3, -0.25) is 10.1 Å². The molecule has 120 valence electrons. The van der Waals surface area contributed by atoms with Gasteiger partial charge in [-0.2, -0.15) is 0 Å². The van der Waals surface area contributed by atoms with Gasteiger partial charge in [0.15, 0.2) is 0 Å². The molecule has 5 nitrogen and oxygen atoms in total. The van der Waals surface area contributed by atoms with Crippen molar-refractivity contribution in [2.45, 2.75) is 32.4 Å². The lowest BCUT2D eigenvalue weighted by molar-refractivity contribution is -0.385. The molecule has 1 aliphatic rings. The fraction of sp³-hybridized carbons (Fsp3) is 0.333. The topological polar surface area (TPSA) is 66.6 Å². The van der Waals surface area contributed by atoms with Crippen LogP contribution in [0.3, 0.4) is 0 Å². The first-order valence-corrected chi connectivity index (χ1v) is 7.77. The number of aliphatic hydroxyl groups excluding tert-OH is 1. The second kappa shape index (κ2) is 6.01. The molecule has 0 bridgehead atoms. The highest BCUT2D eigenvalue weighted by Gasteiger charge is 2.30.